The number of hydrogen-bond acceptors (Lipinski definition) is 5. The standard InChI is InChI=1S/C22H26N4O2S/c1-4-26-19(14-28-21-16(2)9-8-10-17(21)3)24-25-22(26)29-15-20(27)23-13-18-11-6-5-7-12-18/h5-12H,4,13-15H2,1-3H3,(H,23,27). The predicted molar refractivity (Wildman–Crippen MR) is 115 cm³/mol. The van der Waals surface area contributed by atoms with Gasteiger partial charge in [-0.2, -0.15) is 0 Å². The zero-order valence-corrected chi connectivity index (χ0v) is 17.8. The van der Waals surface area contributed by atoms with Gasteiger partial charge in [0.05, 0.1) is 5.75 Å². The summed E-state index contributed by atoms with van der Waals surface area (Å²) in [7, 11) is 0. The van der Waals surface area contributed by atoms with Gasteiger partial charge in [-0.1, -0.05) is 60.3 Å². The van der Waals surface area contributed by atoms with Crippen LogP contribution in [0.15, 0.2) is 53.7 Å². The van der Waals surface area contributed by atoms with E-state index in [2.05, 4.69) is 15.5 Å². The monoisotopic (exact) mass is 410 g/mol. The molecule has 7 heteroatoms. The van der Waals surface area contributed by atoms with Crippen LogP contribution in [0.5, 0.6) is 5.75 Å². The molecule has 0 fully saturated rings. The van der Waals surface area contributed by atoms with Gasteiger partial charge in [0.25, 0.3) is 0 Å². The Bertz CT molecular complexity index is 936. The lowest BCUT2D eigenvalue weighted by molar-refractivity contribution is -0.118. The molecule has 0 radical (unpaired) electrons. The van der Waals surface area contributed by atoms with Gasteiger partial charge in [-0.05, 0) is 37.5 Å². The van der Waals surface area contributed by atoms with E-state index in [1.165, 1.54) is 11.8 Å². The van der Waals surface area contributed by atoms with Gasteiger partial charge < -0.3 is 14.6 Å². The van der Waals surface area contributed by atoms with Crippen molar-refractivity contribution in [3.63, 3.8) is 0 Å². The Kier molecular flexibility index (Phi) is 7.30. The normalized spacial score (nSPS) is 10.7. The molecule has 0 bridgehead atoms. The van der Waals surface area contributed by atoms with E-state index in [0.29, 0.717) is 25.4 Å². The van der Waals surface area contributed by atoms with E-state index in [0.717, 1.165) is 33.4 Å². The van der Waals surface area contributed by atoms with Crippen LogP contribution in [0, 0.1) is 13.8 Å². The first kappa shape index (κ1) is 20.9. The highest BCUT2D eigenvalue weighted by Crippen LogP contribution is 2.24. The van der Waals surface area contributed by atoms with Crippen molar-refractivity contribution in [1.29, 1.82) is 0 Å². The van der Waals surface area contributed by atoms with Crippen molar-refractivity contribution >= 4 is 17.7 Å². The Morgan fingerprint density at radius 1 is 1.07 bits per heavy atom. The van der Waals surface area contributed by atoms with Crippen LogP contribution in [0.3, 0.4) is 0 Å². The van der Waals surface area contributed by atoms with E-state index in [1.807, 2.05) is 73.9 Å². The van der Waals surface area contributed by atoms with Crippen LogP contribution in [0.25, 0.3) is 0 Å². The maximum atomic E-state index is 12.2. The van der Waals surface area contributed by atoms with E-state index in [4.69, 9.17) is 4.74 Å². The Morgan fingerprint density at radius 3 is 2.48 bits per heavy atom. The van der Waals surface area contributed by atoms with Crippen molar-refractivity contribution in [2.75, 3.05) is 5.75 Å². The number of benzene rings is 2. The van der Waals surface area contributed by atoms with Crippen molar-refractivity contribution in [3.05, 3.63) is 71.0 Å². The topological polar surface area (TPSA) is 69.0 Å². The predicted octanol–water partition coefficient (Wildman–Crippen LogP) is 3.90. The third-order valence-corrected chi connectivity index (χ3v) is 5.50. The Morgan fingerprint density at radius 2 is 1.79 bits per heavy atom. The van der Waals surface area contributed by atoms with Crippen molar-refractivity contribution in [1.82, 2.24) is 20.1 Å². The molecule has 0 saturated heterocycles. The second-order valence-electron chi connectivity index (χ2n) is 6.70. The highest BCUT2D eigenvalue weighted by atomic mass is 32.2. The third kappa shape index (κ3) is 5.60. The molecule has 3 rings (SSSR count). The maximum Gasteiger partial charge on any atom is 0.230 e. The lowest BCUT2D eigenvalue weighted by Crippen LogP contribution is -2.24. The van der Waals surface area contributed by atoms with Gasteiger partial charge in [0.2, 0.25) is 5.91 Å². The van der Waals surface area contributed by atoms with Gasteiger partial charge in [-0.15, -0.1) is 10.2 Å². The number of nitrogens with zero attached hydrogens (tertiary/aromatic N) is 3. The summed E-state index contributed by atoms with van der Waals surface area (Å²) in [6.45, 7) is 7.67. The number of aryl methyl sites for hydroxylation is 2. The summed E-state index contributed by atoms with van der Waals surface area (Å²) in [4.78, 5) is 12.2. The second-order valence-corrected chi connectivity index (χ2v) is 7.65. The zero-order valence-electron chi connectivity index (χ0n) is 17.0. The molecule has 2 aromatic carbocycles. The summed E-state index contributed by atoms with van der Waals surface area (Å²) in [6.07, 6.45) is 0. The number of hydrogen-bond donors (Lipinski definition) is 1. The van der Waals surface area contributed by atoms with Crippen LogP contribution in [0.2, 0.25) is 0 Å². The van der Waals surface area contributed by atoms with Crippen LogP contribution in [-0.4, -0.2) is 26.4 Å². The number of carbonyl (C=O) groups excluding carboxylic acids is 1. The summed E-state index contributed by atoms with van der Waals surface area (Å²) < 4.78 is 8.00. The summed E-state index contributed by atoms with van der Waals surface area (Å²) in [5.41, 5.74) is 3.27. The third-order valence-electron chi connectivity index (χ3n) is 4.53. The van der Waals surface area contributed by atoms with E-state index in [1.54, 1.807) is 0 Å². The molecule has 1 amide bonds. The van der Waals surface area contributed by atoms with Crippen LogP contribution >= 0.6 is 11.8 Å². The highest BCUT2D eigenvalue weighted by Gasteiger charge is 2.14. The SMILES string of the molecule is CCn1c(COc2c(C)cccc2C)nnc1SCC(=O)NCc1ccccc1. The van der Waals surface area contributed by atoms with Gasteiger partial charge >= 0.3 is 0 Å². The molecule has 0 unspecified atom stereocenters. The van der Waals surface area contributed by atoms with Crippen LogP contribution < -0.4 is 10.1 Å². The van der Waals surface area contributed by atoms with E-state index >= 15 is 0 Å². The Hall–Kier alpha value is -2.80. The van der Waals surface area contributed by atoms with Gasteiger partial charge in [-0.25, -0.2) is 0 Å². The number of nitrogens with one attached hydrogen (secondary N) is 1. The minimum Gasteiger partial charge on any atom is -0.485 e. The molecule has 0 atom stereocenters. The van der Waals surface area contributed by atoms with E-state index < -0.39 is 0 Å². The van der Waals surface area contributed by atoms with Crippen molar-refractivity contribution in [2.24, 2.45) is 0 Å². The Balaban J connectivity index is 1.55. The average Bonchev–Trinajstić information content (AvgIpc) is 3.13. The first-order valence-electron chi connectivity index (χ1n) is 9.63. The fraction of sp³-hybridized carbons (Fsp3) is 0.318. The molecular weight excluding hydrogens is 384 g/mol. The molecule has 6 nitrogen and oxygen atoms in total. The molecule has 0 aliphatic rings. The largest absolute Gasteiger partial charge is 0.485 e. The van der Waals surface area contributed by atoms with Gasteiger partial charge in [0.15, 0.2) is 11.0 Å². The Labute approximate surface area is 175 Å². The summed E-state index contributed by atoms with van der Waals surface area (Å²) in [5.74, 6) is 1.90. The molecule has 29 heavy (non-hydrogen) atoms. The number of amides is 1. The lowest BCUT2D eigenvalue weighted by Gasteiger charge is -2.12. The second kappa shape index (κ2) is 10.1. The van der Waals surface area contributed by atoms with E-state index in [9.17, 15) is 4.79 Å². The molecule has 1 aromatic heterocycles. The number of carbonyl (C=O) groups is 1. The molecule has 152 valence electrons. The molecule has 1 heterocycles. The molecule has 0 spiro atoms. The van der Waals surface area contributed by atoms with Gasteiger partial charge in [-0.3, -0.25) is 4.79 Å². The summed E-state index contributed by atoms with van der Waals surface area (Å²) in [5, 5.41) is 12.2. The molecule has 3 aromatic rings. The first-order valence-corrected chi connectivity index (χ1v) is 10.6. The fourth-order valence-corrected chi connectivity index (χ4v) is 3.84. The lowest BCUT2D eigenvalue weighted by atomic mass is 10.1. The van der Waals surface area contributed by atoms with Crippen molar-refractivity contribution in [2.45, 2.75) is 45.6 Å². The minimum atomic E-state index is -0.0298. The van der Waals surface area contributed by atoms with Crippen LogP contribution in [0.4, 0.5) is 0 Å². The molecule has 0 saturated carbocycles. The van der Waals surface area contributed by atoms with Gasteiger partial charge in [0, 0.05) is 13.1 Å². The van der Waals surface area contributed by atoms with Crippen LogP contribution in [-0.2, 0) is 24.5 Å². The maximum absolute atomic E-state index is 12.2. The van der Waals surface area contributed by atoms with Crippen molar-refractivity contribution in [3.8, 4) is 5.75 Å². The molecule has 0 aliphatic heterocycles. The van der Waals surface area contributed by atoms with Crippen molar-refractivity contribution < 1.29 is 9.53 Å². The van der Waals surface area contributed by atoms with E-state index in [-0.39, 0.29) is 5.91 Å². The number of thioether (sulfide) groups is 1. The van der Waals surface area contributed by atoms with Crippen LogP contribution in [0.1, 0.15) is 29.4 Å². The molecule has 1 N–H and O–H groups in total. The number of rotatable bonds is 9. The molecular formula is C22H26N4O2S. The van der Waals surface area contributed by atoms with Gasteiger partial charge in [0.1, 0.15) is 12.4 Å². The summed E-state index contributed by atoms with van der Waals surface area (Å²) >= 11 is 1.39. The zero-order chi connectivity index (χ0) is 20.6. The highest BCUT2D eigenvalue weighted by molar-refractivity contribution is 7.99. The average molecular weight is 411 g/mol. The summed E-state index contributed by atoms with van der Waals surface area (Å²) in [6, 6.07) is 15.9. The number of ether oxygens (including phenoxy) is 1. The fourth-order valence-electron chi connectivity index (χ4n) is 2.99. The quantitative estimate of drug-likeness (QED) is 0.542. The smallest absolute Gasteiger partial charge is 0.230 e. The first-order chi connectivity index (χ1) is 14.1. The minimum absolute atomic E-state index is 0.0298. The number of para-hydroxylation sites is 1. The number of aromatic nitrogens is 3. The molecule has 0 aliphatic carbocycles.